The summed E-state index contributed by atoms with van der Waals surface area (Å²) in [6, 6.07) is 13.3. The lowest BCUT2D eigenvalue weighted by molar-refractivity contribution is 0.103. The Labute approximate surface area is 226 Å². The number of carbonyl (C=O) groups excluding carboxylic acids is 1. The third kappa shape index (κ3) is 5.33. The van der Waals surface area contributed by atoms with Gasteiger partial charge in [-0.1, -0.05) is 12.1 Å². The number of nitrogens with zero attached hydrogens (tertiary/aromatic N) is 3. The van der Waals surface area contributed by atoms with Gasteiger partial charge in [-0.2, -0.15) is 0 Å². The summed E-state index contributed by atoms with van der Waals surface area (Å²) in [6.07, 6.45) is 6.19. The number of benzene rings is 1. The van der Waals surface area contributed by atoms with E-state index in [0.29, 0.717) is 11.5 Å². The molecule has 4 aromatic rings. The normalized spacial score (nSPS) is 12.6. The highest BCUT2D eigenvalue weighted by atomic mass is 32.1. The predicted molar refractivity (Wildman–Crippen MR) is 155 cm³/mol. The first-order chi connectivity index (χ1) is 18.5. The smallest absolute Gasteiger partial charge is 0.271 e. The lowest BCUT2D eigenvalue weighted by atomic mass is 9.99. The number of anilines is 4. The monoisotopic (exact) mass is 528 g/mol. The van der Waals surface area contributed by atoms with Crippen molar-refractivity contribution < 1.29 is 4.79 Å². The Morgan fingerprint density at radius 2 is 1.87 bits per heavy atom. The zero-order valence-corrected chi connectivity index (χ0v) is 22.7. The highest BCUT2D eigenvalue weighted by Gasteiger charge is 2.18. The highest BCUT2D eigenvalue weighted by Crippen LogP contribution is 2.32. The fourth-order valence-electron chi connectivity index (χ4n) is 4.85. The minimum absolute atomic E-state index is 0.0831. The van der Waals surface area contributed by atoms with Crippen molar-refractivity contribution >= 4 is 40.3 Å². The molecule has 5 rings (SSSR count). The van der Waals surface area contributed by atoms with Gasteiger partial charge in [-0.05, 0) is 93.5 Å². The maximum absolute atomic E-state index is 13.1. The first kappa shape index (κ1) is 25.7. The van der Waals surface area contributed by atoms with Gasteiger partial charge in [-0.15, -0.1) is 21.5 Å². The van der Waals surface area contributed by atoms with Crippen molar-refractivity contribution in [1.82, 2.24) is 15.2 Å². The Kier molecular flexibility index (Phi) is 7.55. The molecule has 0 radical (unpaired) electrons. The highest BCUT2D eigenvalue weighted by molar-refractivity contribution is 7.14. The van der Waals surface area contributed by atoms with Crippen LogP contribution in [0.5, 0.6) is 0 Å². The largest absolute Gasteiger partial charge is 0.356 e. The van der Waals surface area contributed by atoms with Gasteiger partial charge in [0.2, 0.25) is 0 Å². The van der Waals surface area contributed by atoms with Crippen LogP contribution in [0.15, 0.2) is 53.5 Å². The number of pyridine rings is 1. The van der Waals surface area contributed by atoms with E-state index in [0.717, 1.165) is 59.0 Å². The number of fused-ring (bicyclic) bond motifs is 1. The van der Waals surface area contributed by atoms with Gasteiger partial charge >= 0.3 is 0 Å². The van der Waals surface area contributed by atoms with Gasteiger partial charge in [-0.25, -0.2) is 0 Å². The van der Waals surface area contributed by atoms with Crippen LogP contribution >= 0.6 is 11.3 Å². The van der Waals surface area contributed by atoms with E-state index in [1.807, 2.05) is 43.3 Å². The second-order valence-electron chi connectivity index (χ2n) is 9.40. The minimum atomic E-state index is -0.257. The Balaban J connectivity index is 1.36. The van der Waals surface area contributed by atoms with Crippen LogP contribution in [0.4, 0.5) is 23.0 Å². The summed E-state index contributed by atoms with van der Waals surface area (Å²) in [7, 11) is 0. The standard InChI is InChI=1S/C29H32N6O2S/c1-4-35(5-2)27-14-13-26(33-34-27)31-23-15-20(17-30-28(23)36)21-10-8-11-22(18(21)3)32-29(37)25-16-19-9-6-7-12-24(19)38-25/h8,10-11,13-17H,4-7,9,12H2,1-3H3,(H,30,36)(H,31,33)(H,32,37). The van der Waals surface area contributed by atoms with Crippen LogP contribution in [0.2, 0.25) is 0 Å². The van der Waals surface area contributed by atoms with E-state index in [9.17, 15) is 9.59 Å². The first-order valence-corrected chi connectivity index (χ1v) is 13.9. The molecule has 0 saturated carbocycles. The number of H-pyrrole nitrogens is 1. The van der Waals surface area contributed by atoms with Crippen molar-refractivity contribution in [2.24, 2.45) is 0 Å². The lowest BCUT2D eigenvalue weighted by Gasteiger charge is -2.18. The third-order valence-corrected chi connectivity index (χ3v) is 8.25. The van der Waals surface area contributed by atoms with Crippen molar-refractivity contribution in [2.45, 2.75) is 46.5 Å². The summed E-state index contributed by atoms with van der Waals surface area (Å²) < 4.78 is 0. The molecule has 0 spiro atoms. The molecular formula is C29H32N6O2S. The Morgan fingerprint density at radius 3 is 2.61 bits per heavy atom. The topological polar surface area (TPSA) is 103 Å². The van der Waals surface area contributed by atoms with E-state index in [2.05, 4.69) is 44.6 Å². The molecule has 1 amide bonds. The summed E-state index contributed by atoms with van der Waals surface area (Å²) in [5.74, 6) is 1.19. The average Bonchev–Trinajstić information content (AvgIpc) is 3.37. The van der Waals surface area contributed by atoms with Gasteiger partial charge in [0.15, 0.2) is 11.6 Å². The zero-order valence-electron chi connectivity index (χ0n) is 21.9. The van der Waals surface area contributed by atoms with Gasteiger partial charge in [0.05, 0.1) is 4.88 Å². The molecule has 9 heteroatoms. The van der Waals surface area contributed by atoms with Gasteiger partial charge in [0.25, 0.3) is 11.5 Å². The molecular weight excluding hydrogens is 496 g/mol. The SMILES string of the molecule is CCN(CC)c1ccc(Nc2cc(-c3cccc(NC(=O)c4cc5c(s4)CCCC5)c3C)c[nH]c2=O)nn1. The van der Waals surface area contributed by atoms with E-state index in [-0.39, 0.29) is 11.5 Å². The molecule has 1 aliphatic carbocycles. The van der Waals surface area contributed by atoms with Crippen LogP contribution < -0.4 is 21.1 Å². The summed E-state index contributed by atoms with van der Waals surface area (Å²) in [5.41, 5.74) is 4.83. The summed E-state index contributed by atoms with van der Waals surface area (Å²) in [4.78, 5) is 32.7. The van der Waals surface area contributed by atoms with Crippen LogP contribution in [0.25, 0.3) is 11.1 Å². The number of rotatable bonds is 8. The van der Waals surface area contributed by atoms with Gasteiger partial charge in [-0.3, -0.25) is 9.59 Å². The Morgan fingerprint density at radius 1 is 1.05 bits per heavy atom. The molecule has 0 fully saturated rings. The molecule has 0 saturated heterocycles. The number of aryl methyl sites for hydroxylation is 2. The molecule has 3 N–H and O–H groups in total. The number of hydrogen-bond donors (Lipinski definition) is 3. The van der Waals surface area contributed by atoms with E-state index < -0.39 is 0 Å². The molecule has 1 aromatic carbocycles. The molecule has 0 bridgehead atoms. The number of nitrogens with one attached hydrogen (secondary N) is 3. The number of amides is 1. The number of thiophene rings is 1. The van der Waals surface area contributed by atoms with Crippen molar-refractivity contribution in [2.75, 3.05) is 28.6 Å². The first-order valence-electron chi connectivity index (χ1n) is 13.1. The van der Waals surface area contributed by atoms with Crippen LogP contribution in [0.3, 0.4) is 0 Å². The van der Waals surface area contributed by atoms with Crippen molar-refractivity contribution in [3.8, 4) is 11.1 Å². The van der Waals surface area contributed by atoms with Crippen LogP contribution in [-0.4, -0.2) is 34.2 Å². The van der Waals surface area contributed by atoms with Crippen LogP contribution in [0, 0.1) is 6.92 Å². The van der Waals surface area contributed by atoms with Crippen molar-refractivity contribution in [1.29, 1.82) is 0 Å². The second kappa shape index (κ2) is 11.2. The molecule has 1 aliphatic rings. The molecule has 3 heterocycles. The van der Waals surface area contributed by atoms with Gasteiger partial charge in [0.1, 0.15) is 5.69 Å². The quantitative estimate of drug-likeness (QED) is 0.262. The molecule has 0 aliphatic heterocycles. The van der Waals surface area contributed by atoms with E-state index >= 15 is 0 Å². The lowest BCUT2D eigenvalue weighted by Crippen LogP contribution is -2.23. The maximum atomic E-state index is 13.1. The Bertz CT molecular complexity index is 1480. The Hall–Kier alpha value is -3.98. The van der Waals surface area contributed by atoms with E-state index in [1.54, 1.807) is 23.6 Å². The van der Waals surface area contributed by atoms with Crippen molar-refractivity contribution in [3.05, 3.63) is 79.9 Å². The fourth-order valence-corrected chi connectivity index (χ4v) is 6.00. The molecule has 3 aromatic heterocycles. The minimum Gasteiger partial charge on any atom is -0.356 e. The molecule has 8 nitrogen and oxygen atoms in total. The van der Waals surface area contributed by atoms with Crippen molar-refractivity contribution in [3.63, 3.8) is 0 Å². The fraction of sp³-hybridized carbons (Fsp3) is 0.310. The molecule has 0 atom stereocenters. The number of aromatic nitrogens is 3. The van der Waals surface area contributed by atoms with E-state index in [1.165, 1.54) is 23.3 Å². The number of hydrogen-bond acceptors (Lipinski definition) is 7. The van der Waals surface area contributed by atoms with Gasteiger partial charge < -0.3 is 20.5 Å². The third-order valence-electron chi connectivity index (χ3n) is 7.02. The summed E-state index contributed by atoms with van der Waals surface area (Å²) in [5, 5.41) is 14.7. The second-order valence-corrected chi connectivity index (χ2v) is 10.5. The molecule has 38 heavy (non-hydrogen) atoms. The van der Waals surface area contributed by atoms with E-state index in [4.69, 9.17) is 0 Å². The summed E-state index contributed by atoms with van der Waals surface area (Å²) >= 11 is 1.60. The number of aromatic amines is 1. The average molecular weight is 529 g/mol. The molecule has 196 valence electrons. The van der Waals surface area contributed by atoms with Crippen LogP contribution in [-0.2, 0) is 12.8 Å². The maximum Gasteiger partial charge on any atom is 0.271 e. The molecule has 0 unspecified atom stereocenters. The zero-order chi connectivity index (χ0) is 26.6. The number of carbonyl (C=O) groups is 1. The predicted octanol–water partition coefficient (Wildman–Crippen LogP) is 5.92. The van der Waals surface area contributed by atoms with Gasteiger partial charge in [0, 0.05) is 35.4 Å². The summed E-state index contributed by atoms with van der Waals surface area (Å²) in [6.45, 7) is 7.79. The van der Waals surface area contributed by atoms with Crippen LogP contribution in [0.1, 0.15) is 52.4 Å².